The second kappa shape index (κ2) is 5.49. The van der Waals surface area contributed by atoms with Crippen molar-refractivity contribution in [2.45, 2.75) is 32.6 Å². The summed E-state index contributed by atoms with van der Waals surface area (Å²) in [5.74, 6) is -0.962. The summed E-state index contributed by atoms with van der Waals surface area (Å²) in [6, 6.07) is 5.16. The molecule has 0 spiro atoms. The summed E-state index contributed by atoms with van der Waals surface area (Å²) < 4.78 is 13.1. The molecule has 82 valence electrons. The predicted octanol–water partition coefficient (Wildman–Crippen LogP) is 2.93. The van der Waals surface area contributed by atoms with E-state index in [-0.39, 0.29) is 12.2 Å². The number of aliphatic carboxylic acids is 1. The third-order valence-electron chi connectivity index (χ3n) is 2.34. The van der Waals surface area contributed by atoms with Gasteiger partial charge in [-0.2, -0.15) is 0 Å². The van der Waals surface area contributed by atoms with Crippen molar-refractivity contribution in [1.29, 1.82) is 0 Å². The Hall–Kier alpha value is -1.38. The van der Waals surface area contributed by atoms with Crippen LogP contribution in [0, 0.1) is 12.7 Å². The van der Waals surface area contributed by atoms with E-state index in [1.165, 1.54) is 6.07 Å². The standard InChI is InChI=1S/C12H15FO2/c1-9-6-7-10(8-11(9)13)4-2-3-5-12(14)15/h6-8H,2-5H2,1H3,(H,14,15). The molecule has 0 aromatic heterocycles. The first-order valence-electron chi connectivity index (χ1n) is 5.06. The molecule has 0 aliphatic rings. The lowest BCUT2D eigenvalue weighted by Gasteiger charge is -2.02. The van der Waals surface area contributed by atoms with Crippen molar-refractivity contribution in [3.05, 3.63) is 35.1 Å². The Balaban J connectivity index is 2.38. The molecule has 0 fully saturated rings. The molecule has 0 saturated carbocycles. The summed E-state index contributed by atoms with van der Waals surface area (Å²) in [5, 5.41) is 8.43. The zero-order chi connectivity index (χ0) is 11.3. The number of benzene rings is 1. The van der Waals surface area contributed by atoms with Crippen LogP contribution in [0.3, 0.4) is 0 Å². The molecule has 0 aliphatic carbocycles. The number of rotatable bonds is 5. The van der Waals surface area contributed by atoms with Crippen LogP contribution in [0.1, 0.15) is 30.4 Å². The van der Waals surface area contributed by atoms with Crippen LogP contribution in [-0.2, 0) is 11.2 Å². The highest BCUT2D eigenvalue weighted by Crippen LogP contribution is 2.12. The SMILES string of the molecule is Cc1ccc(CCCCC(=O)O)cc1F. The van der Waals surface area contributed by atoms with Gasteiger partial charge in [-0.05, 0) is 43.4 Å². The molecular weight excluding hydrogens is 195 g/mol. The van der Waals surface area contributed by atoms with E-state index in [2.05, 4.69) is 0 Å². The van der Waals surface area contributed by atoms with Gasteiger partial charge in [-0.3, -0.25) is 4.79 Å². The van der Waals surface area contributed by atoms with Crippen molar-refractivity contribution >= 4 is 5.97 Å². The first-order valence-corrected chi connectivity index (χ1v) is 5.06. The Labute approximate surface area is 88.7 Å². The van der Waals surface area contributed by atoms with Gasteiger partial charge in [0, 0.05) is 6.42 Å². The molecule has 3 heteroatoms. The highest BCUT2D eigenvalue weighted by Gasteiger charge is 2.00. The second-order valence-corrected chi connectivity index (χ2v) is 3.68. The molecule has 0 unspecified atom stereocenters. The Bertz CT molecular complexity index is 347. The number of carboxylic acid groups (broad SMARTS) is 1. The zero-order valence-electron chi connectivity index (χ0n) is 8.79. The second-order valence-electron chi connectivity index (χ2n) is 3.68. The van der Waals surface area contributed by atoms with Crippen molar-refractivity contribution in [3.63, 3.8) is 0 Å². The molecular formula is C12H15FO2. The van der Waals surface area contributed by atoms with Gasteiger partial charge in [0.2, 0.25) is 0 Å². The third-order valence-corrected chi connectivity index (χ3v) is 2.34. The van der Waals surface area contributed by atoms with Gasteiger partial charge in [0.15, 0.2) is 0 Å². The number of halogens is 1. The highest BCUT2D eigenvalue weighted by atomic mass is 19.1. The van der Waals surface area contributed by atoms with Gasteiger partial charge in [0.05, 0.1) is 0 Å². The first kappa shape index (κ1) is 11.7. The van der Waals surface area contributed by atoms with E-state index in [9.17, 15) is 9.18 Å². The number of unbranched alkanes of at least 4 members (excludes halogenated alkanes) is 1. The zero-order valence-corrected chi connectivity index (χ0v) is 8.79. The van der Waals surface area contributed by atoms with Crippen LogP contribution in [0.25, 0.3) is 0 Å². The van der Waals surface area contributed by atoms with Gasteiger partial charge in [-0.25, -0.2) is 4.39 Å². The maximum absolute atomic E-state index is 13.1. The Morgan fingerprint density at radius 2 is 2.13 bits per heavy atom. The van der Waals surface area contributed by atoms with E-state index in [1.807, 2.05) is 6.07 Å². The summed E-state index contributed by atoms with van der Waals surface area (Å²) in [5.41, 5.74) is 1.58. The van der Waals surface area contributed by atoms with Crippen LogP contribution in [-0.4, -0.2) is 11.1 Å². The molecule has 1 N–H and O–H groups in total. The lowest BCUT2D eigenvalue weighted by Crippen LogP contribution is -1.95. The molecule has 2 nitrogen and oxygen atoms in total. The van der Waals surface area contributed by atoms with Crippen LogP contribution >= 0.6 is 0 Å². The molecule has 0 radical (unpaired) electrons. The van der Waals surface area contributed by atoms with Crippen molar-refractivity contribution in [3.8, 4) is 0 Å². The largest absolute Gasteiger partial charge is 0.481 e. The monoisotopic (exact) mass is 210 g/mol. The van der Waals surface area contributed by atoms with Crippen molar-refractivity contribution in [1.82, 2.24) is 0 Å². The van der Waals surface area contributed by atoms with E-state index in [4.69, 9.17) is 5.11 Å². The van der Waals surface area contributed by atoms with Crippen molar-refractivity contribution in [2.24, 2.45) is 0 Å². The van der Waals surface area contributed by atoms with Crippen LogP contribution < -0.4 is 0 Å². The van der Waals surface area contributed by atoms with Crippen LogP contribution in [0.15, 0.2) is 18.2 Å². The van der Waals surface area contributed by atoms with E-state index in [0.717, 1.165) is 18.4 Å². The fourth-order valence-electron chi connectivity index (χ4n) is 1.40. The third kappa shape index (κ3) is 4.11. The molecule has 0 bridgehead atoms. The predicted molar refractivity (Wildman–Crippen MR) is 56.3 cm³/mol. The van der Waals surface area contributed by atoms with E-state index in [0.29, 0.717) is 12.0 Å². The van der Waals surface area contributed by atoms with Crippen molar-refractivity contribution < 1.29 is 14.3 Å². The molecule has 0 aliphatic heterocycles. The van der Waals surface area contributed by atoms with Gasteiger partial charge in [-0.1, -0.05) is 12.1 Å². The van der Waals surface area contributed by atoms with Gasteiger partial charge < -0.3 is 5.11 Å². The fourth-order valence-corrected chi connectivity index (χ4v) is 1.40. The number of hydrogen-bond donors (Lipinski definition) is 1. The lowest BCUT2D eigenvalue weighted by molar-refractivity contribution is -0.137. The molecule has 0 amide bonds. The molecule has 1 aromatic carbocycles. The van der Waals surface area contributed by atoms with E-state index < -0.39 is 5.97 Å². The number of hydrogen-bond acceptors (Lipinski definition) is 1. The van der Waals surface area contributed by atoms with Crippen molar-refractivity contribution in [2.75, 3.05) is 0 Å². The summed E-state index contributed by atoms with van der Waals surface area (Å²) in [6.45, 7) is 1.73. The average molecular weight is 210 g/mol. The lowest BCUT2D eigenvalue weighted by atomic mass is 10.1. The molecule has 1 rings (SSSR count). The maximum atomic E-state index is 13.1. The molecule has 0 atom stereocenters. The smallest absolute Gasteiger partial charge is 0.303 e. The van der Waals surface area contributed by atoms with Gasteiger partial charge in [0.1, 0.15) is 5.82 Å². The van der Waals surface area contributed by atoms with Gasteiger partial charge in [-0.15, -0.1) is 0 Å². The fraction of sp³-hybridized carbons (Fsp3) is 0.417. The van der Waals surface area contributed by atoms with E-state index >= 15 is 0 Å². The van der Waals surface area contributed by atoms with Gasteiger partial charge in [0.25, 0.3) is 0 Å². The minimum Gasteiger partial charge on any atom is -0.481 e. The summed E-state index contributed by atoms with van der Waals surface area (Å²) in [6.07, 6.45) is 2.36. The summed E-state index contributed by atoms with van der Waals surface area (Å²) in [7, 11) is 0. The van der Waals surface area contributed by atoms with Crippen LogP contribution in [0.2, 0.25) is 0 Å². The van der Waals surface area contributed by atoms with Crippen LogP contribution in [0.4, 0.5) is 4.39 Å². The van der Waals surface area contributed by atoms with Gasteiger partial charge >= 0.3 is 5.97 Å². The molecule has 0 saturated heterocycles. The minimum atomic E-state index is -0.773. The molecule has 1 aromatic rings. The molecule has 0 heterocycles. The Morgan fingerprint density at radius 3 is 2.73 bits per heavy atom. The topological polar surface area (TPSA) is 37.3 Å². The summed E-state index contributed by atoms with van der Waals surface area (Å²) >= 11 is 0. The highest BCUT2D eigenvalue weighted by molar-refractivity contribution is 5.66. The minimum absolute atomic E-state index is 0.189. The number of carboxylic acids is 1. The van der Waals surface area contributed by atoms with E-state index in [1.54, 1.807) is 13.0 Å². The Morgan fingerprint density at radius 1 is 1.40 bits per heavy atom. The quantitative estimate of drug-likeness (QED) is 0.759. The average Bonchev–Trinajstić information content (AvgIpc) is 2.18. The number of carbonyl (C=O) groups is 1. The Kier molecular flexibility index (Phi) is 4.28. The number of aryl methyl sites for hydroxylation is 2. The van der Waals surface area contributed by atoms with Crippen LogP contribution in [0.5, 0.6) is 0 Å². The normalized spacial score (nSPS) is 10.3. The molecule has 15 heavy (non-hydrogen) atoms. The summed E-state index contributed by atoms with van der Waals surface area (Å²) in [4.78, 5) is 10.2. The first-order chi connectivity index (χ1) is 7.09. The maximum Gasteiger partial charge on any atom is 0.303 e.